The molecule has 7 nitrogen and oxygen atoms in total. The van der Waals surface area contributed by atoms with Gasteiger partial charge in [-0.1, -0.05) is 0 Å². The van der Waals surface area contributed by atoms with E-state index in [0.29, 0.717) is 24.6 Å². The molecule has 128 valence electrons. The Bertz CT molecular complexity index is 648. The average Bonchev–Trinajstić information content (AvgIpc) is 2.53. The van der Waals surface area contributed by atoms with Gasteiger partial charge in [0.05, 0.1) is 12.9 Å². The summed E-state index contributed by atoms with van der Waals surface area (Å²) >= 11 is 0. The van der Waals surface area contributed by atoms with Gasteiger partial charge in [0, 0.05) is 25.3 Å². The van der Waals surface area contributed by atoms with E-state index < -0.39 is 10.0 Å². The van der Waals surface area contributed by atoms with Gasteiger partial charge in [-0.05, 0) is 38.3 Å². The molecular formula is C15H23N3O4S. The number of rotatable bonds is 6. The second-order valence-corrected chi connectivity index (χ2v) is 7.39. The molecule has 1 aliphatic heterocycles. The standard InChI is InChI=1S/C15H23N3O4S/c1-3-22-14-13(8-6-9-16-14)15(19)18-10-5-4-7-12(18)11-17-23(2,20)21/h6,8-9,12,17H,3-5,7,10-11H2,1-2H3. The largest absolute Gasteiger partial charge is 0.477 e. The van der Waals surface area contributed by atoms with E-state index in [-0.39, 0.29) is 18.5 Å². The van der Waals surface area contributed by atoms with E-state index in [2.05, 4.69) is 9.71 Å². The smallest absolute Gasteiger partial charge is 0.259 e. The fourth-order valence-corrected chi connectivity index (χ4v) is 3.18. The molecule has 0 bridgehead atoms. The predicted octanol–water partition coefficient (Wildman–Crippen LogP) is 1.02. The summed E-state index contributed by atoms with van der Waals surface area (Å²) in [5.74, 6) is 0.155. The monoisotopic (exact) mass is 341 g/mol. The topological polar surface area (TPSA) is 88.6 Å². The number of likely N-dealkylation sites (tertiary alicyclic amines) is 1. The number of aromatic nitrogens is 1. The van der Waals surface area contributed by atoms with Crippen molar-refractivity contribution >= 4 is 15.9 Å². The number of pyridine rings is 1. The highest BCUT2D eigenvalue weighted by molar-refractivity contribution is 7.88. The van der Waals surface area contributed by atoms with Gasteiger partial charge in [0.15, 0.2) is 0 Å². The lowest BCUT2D eigenvalue weighted by atomic mass is 10.0. The average molecular weight is 341 g/mol. The van der Waals surface area contributed by atoms with E-state index in [4.69, 9.17) is 4.74 Å². The summed E-state index contributed by atoms with van der Waals surface area (Å²) in [6.07, 6.45) is 5.37. The fourth-order valence-electron chi connectivity index (χ4n) is 2.69. The van der Waals surface area contributed by atoms with Gasteiger partial charge in [0.25, 0.3) is 5.91 Å². The van der Waals surface area contributed by atoms with Crippen molar-refractivity contribution in [1.82, 2.24) is 14.6 Å². The SMILES string of the molecule is CCOc1ncccc1C(=O)N1CCCCC1CNS(C)(=O)=O. The van der Waals surface area contributed by atoms with Crippen LogP contribution in [0.2, 0.25) is 0 Å². The van der Waals surface area contributed by atoms with E-state index in [0.717, 1.165) is 25.5 Å². The number of sulfonamides is 1. The summed E-state index contributed by atoms with van der Waals surface area (Å²) in [5.41, 5.74) is 0.417. The third-order valence-corrected chi connectivity index (χ3v) is 4.44. The van der Waals surface area contributed by atoms with Crippen LogP contribution in [-0.4, -0.2) is 56.2 Å². The molecule has 0 spiro atoms. The Balaban J connectivity index is 2.18. The van der Waals surface area contributed by atoms with Gasteiger partial charge in [-0.25, -0.2) is 18.1 Å². The van der Waals surface area contributed by atoms with Gasteiger partial charge >= 0.3 is 0 Å². The molecule has 1 aromatic heterocycles. The number of carbonyl (C=O) groups is 1. The molecule has 2 heterocycles. The summed E-state index contributed by atoms with van der Waals surface area (Å²) in [6, 6.07) is 3.24. The number of ether oxygens (including phenoxy) is 1. The summed E-state index contributed by atoms with van der Waals surface area (Å²) in [4.78, 5) is 18.7. The van der Waals surface area contributed by atoms with Crippen LogP contribution in [0.1, 0.15) is 36.5 Å². The molecule has 0 aromatic carbocycles. The number of amides is 1. The summed E-state index contributed by atoms with van der Waals surface area (Å²) in [6.45, 7) is 3.10. The zero-order valence-corrected chi connectivity index (χ0v) is 14.3. The van der Waals surface area contributed by atoms with Gasteiger partial charge in [-0.3, -0.25) is 4.79 Å². The molecule has 1 saturated heterocycles. The van der Waals surface area contributed by atoms with Crippen LogP contribution in [0.25, 0.3) is 0 Å². The quantitative estimate of drug-likeness (QED) is 0.835. The molecule has 8 heteroatoms. The highest BCUT2D eigenvalue weighted by atomic mass is 32.2. The van der Waals surface area contributed by atoms with Crippen LogP contribution in [-0.2, 0) is 10.0 Å². The van der Waals surface area contributed by atoms with Gasteiger partial charge in [-0.15, -0.1) is 0 Å². The van der Waals surface area contributed by atoms with Crippen LogP contribution < -0.4 is 9.46 Å². The number of carbonyl (C=O) groups excluding carboxylic acids is 1. The Morgan fingerprint density at radius 3 is 2.96 bits per heavy atom. The molecule has 1 N–H and O–H groups in total. The van der Waals surface area contributed by atoms with E-state index >= 15 is 0 Å². The van der Waals surface area contributed by atoms with E-state index in [1.54, 1.807) is 23.2 Å². The Kier molecular flexibility index (Phi) is 5.95. The van der Waals surface area contributed by atoms with Crippen molar-refractivity contribution in [2.45, 2.75) is 32.2 Å². The van der Waals surface area contributed by atoms with E-state index in [1.165, 1.54) is 0 Å². The molecule has 0 saturated carbocycles. The first-order valence-corrected chi connectivity index (χ1v) is 9.65. The van der Waals surface area contributed by atoms with Crippen molar-refractivity contribution in [1.29, 1.82) is 0 Å². The number of nitrogens with one attached hydrogen (secondary N) is 1. The summed E-state index contributed by atoms with van der Waals surface area (Å²) in [7, 11) is -3.28. The van der Waals surface area contributed by atoms with Crippen LogP contribution >= 0.6 is 0 Å². The van der Waals surface area contributed by atoms with Crippen LogP contribution in [0.15, 0.2) is 18.3 Å². The van der Waals surface area contributed by atoms with Gasteiger partial charge in [0.1, 0.15) is 5.56 Å². The zero-order valence-electron chi connectivity index (χ0n) is 13.5. The predicted molar refractivity (Wildman–Crippen MR) is 86.9 cm³/mol. The van der Waals surface area contributed by atoms with Crippen molar-refractivity contribution < 1.29 is 17.9 Å². The maximum absolute atomic E-state index is 12.9. The van der Waals surface area contributed by atoms with Gasteiger partial charge in [0.2, 0.25) is 15.9 Å². The van der Waals surface area contributed by atoms with Crippen LogP contribution in [0.5, 0.6) is 5.88 Å². The molecule has 0 aliphatic carbocycles. The van der Waals surface area contributed by atoms with Crippen molar-refractivity contribution in [3.05, 3.63) is 23.9 Å². The third kappa shape index (κ3) is 4.90. The normalized spacial score (nSPS) is 18.7. The highest BCUT2D eigenvalue weighted by Crippen LogP contribution is 2.23. The Labute approximate surface area is 137 Å². The second-order valence-electron chi connectivity index (χ2n) is 5.56. The van der Waals surface area contributed by atoms with Crippen LogP contribution in [0, 0.1) is 0 Å². The Hall–Kier alpha value is -1.67. The molecule has 23 heavy (non-hydrogen) atoms. The zero-order chi connectivity index (χ0) is 16.9. The Morgan fingerprint density at radius 2 is 2.26 bits per heavy atom. The lowest BCUT2D eigenvalue weighted by Crippen LogP contribution is -2.49. The minimum Gasteiger partial charge on any atom is -0.477 e. The molecule has 1 fully saturated rings. The first-order chi connectivity index (χ1) is 10.9. The summed E-state index contributed by atoms with van der Waals surface area (Å²) in [5, 5.41) is 0. The minimum absolute atomic E-state index is 0.152. The first-order valence-electron chi connectivity index (χ1n) is 7.75. The van der Waals surface area contributed by atoms with E-state index in [1.807, 2.05) is 6.92 Å². The lowest BCUT2D eigenvalue weighted by Gasteiger charge is -2.36. The van der Waals surface area contributed by atoms with E-state index in [9.17, 15) is 13.2 Å². The first kappa shape index (κ1) is 17.7. The van der Waals surface area contributed by atoms with Crippen molar-refractivity contribution in [3.8, 4) is 5.88 Å². The maximum Gasteiger partial charge on any atom is 0.259 e. The number of hydrogen-bond donors (Lipinski definition) is 1. The maximum atomic E-state index is 12.9. The molecule has 1 unspecified atom stereocenters. The van der Waals surface area contributed by atoms with Crippen molar-refractivity contribution in [3.63, 3.8) is 0 Å². The summed E-state index contributed by atoms with van der Waals surface area (Å²) < 4.78 is 30.6. The molecular weight excluding hydrogens is 318 g/mol. The van der Waals surface area contributed by atoms with Gasteiger partial charge < -0.3 is 9.64 Å². The van der Waals surface area contributed by atoms with Crippen LogP contribution in [0.4, 0.5) is 0 Å². The molecule has 1 aromatic rings. The molecule has 1 aliphatic rings. The minimum atomic E-state index is -3.28. The van der Waals surface area contributed by atoms with Gasteiger partial charge in [-0.2, -0.15) is 0 Å². The molecule has 1 atom stereocenters. The molecule has 0 radical (unpaired) electrons. The number of hydrogen-bond acceptors (Lipinski definition) is 5. The highest BCUT2D eigenvalue weighted by Gasteiger charge is 2.29. The number of piperidine rings is 1. The fraction of sp³-hybridized carbons (Fsp3) is 0.600. The third-order valence-electron chi connectivity index (χ3n) is 3.75. The number of nitrogens with zero attached hydrogens (tertiary/aromatic N) is 2. The van der Waals surface area contributed by atoms with Crippen LogP contribution in [0.3, 0.4) is 0 Å². The van der Waals surface area contributed by atoms with Crippen molar-refractivity contribution in [2.75, 3.05) is 26.0 Å². The second kappa shape index (κ2) is 7.74. The molecule has 1 amide bonds. The van der Waals surface area contributed by atoms with Crippen molar-refractivity contribution in [2.24, 2.45) is 0 Å². The Morgan fingerprint density at radius 1 is 1.48 bits per heavy atom. The molecule has 2 rings (SSSR count). The lowest BCUT2D eigenvalue weighted by molar-refractivity contribution is 0.0613.